The van der Waals surface area contributed by atoms with E-state index in [4.69, 9.17) is 4.74 Å². The number of carbonyl (C=O) groups excluding carboxylic acids is 1. The quantitative estimate of drug-likeness (QED) is 0.783. The predicted octanol–water partition coefficient (Wildman–Crippen LogP) is 3.31. The highest BCUT2D eigenvalue weighted by molar-refractivity contribution is 7.14. The van der Waals surface area contributed by atoms with E-state index in [1.54, 1.807) is 23.0 Å². The molecule has 0 aromatic carbocycles. The third-order valence-electron chi connectivity index (χ3n) is 5.91. The fourth-order valence-electron chi connectivity index (χ4n) is 3.99. The molecule has 158 valence electrons. The first-order valence-corrected chi connectivity index (χ1v) is 11.1. The van der Waals surface area contributed by atoms with E-state index in [2.05, 4.69) is 17.1 Å². The van der Waals surface area contributed by atoms with Gasteiger partial charge in [-0.25, -0.2) is 0 Å². The second-order valence-electron chi connectivity index (χ2n) is 7.70. The van der Waals surface area contributed by atoms with E-state index in [0.717, 1.165) is 54.4 Å². The lowest BCUT2D eigenvalue weighted by atomic mass is 10.1. The number of aryl methyl sites for hydroxylation is 2. The lowest BCUT2D eigenvalue weighted by Gasteiger charge is -2.34. The smallest absolute Gasteiger partial charge is 0.255 e. The predicted molar refractivity (Wildman–Crippen MR) is 118 cm³/mol. The molecule has 0 atom stereocenters. The Kier molecular flexibility index (Phi) is 6.80. The molecule has 1 aliphatic rings. The van der Waals surface area contributed by atoms with Crippen molar-refractivity contribution >= 4 is 22.2 Å². The first kappa shape index (κ1) is 21.6. The highest BCUT2D eigenvalue weighted by Gasteiger charge is 2.25. The van der Waals surface area contributed by atoms with E-state index in [1.807, 2.05) is 32.2 Å². The van der Waals surface area contributed by atoms with Crippen LogP contribution in [0.15, 0.2) is 16.2 Å². The van der Waals surface area contributed by atoms with Gasteiger partial charge in [-0.1, -0.05) is 0 Å². The van der Waals surface area contributed by atoms with Crippen LogP contribution >= 0.6 is 11.3 Å². The zero-order chi connectivity index (χ0) is 21.1. The fraction of sp³-hybridized carbons (Fsp3) is 0.545. The van der Waals surface area contributed by atoms with Gasteiger partial charge in [0.1, 0.15) is 0 Å². The number of rotatable bonds is 6. The van der Waals surface area contributed by atoms with Crippen molar-refractivity contribution in [3.63, 3.8) is 0 Å². The Balaban J connectivity index is 1.76. The molecular weight excluding hydrogens is 386 g/mol. The van der Waals surface area contributed by atoms with Crippen molar-refractivity contribution in [2.24, 2.45) is 7.05 Å². The lowest BCUT2D eigenvalue weighted by molar-refractivity contribution is 0.0847. The van der Waals surface area contributed by atoms with Crippen LogP contribution in [-0.2, 0) is 18.3 Å². The summed E-state index contributed by atoms with van der Waals surface area (Å²) in [7, 11) is 1.76. The standard InChI is InChI=1S/C22H31N3O3S/c1-6-25(17-7-9-28-10-8-17)22-16(4)19(13-29-22)20(26)23-12-18-14(2)11-15(3)24(5)21(18)27/h11,13,17H,6-10,12H2,1-5H3,(H,23,26). The average Bonchev–Trinajstić information content (AvgIpc) is 3.09. The van der Waals surface area contributed by atoms with E-state index in [9.17, 15) is 9.59 Å². The second kappa shape index (κ2) is 9.13. The summed E-state index contributed by atoms with van der Waals surface area (Å²) in [6.45, 7) is 10.7. The third kappa shape index (κ3) is 4.41. The van der Waals surface area contributed by atoms with E-state index in [-0.39, 0.29) is 18.0 Å². The molecule has 2 aromatic heterocycles. The van der Waals surface area contributed by atoms with Crippen LogP contribution in [0.25, 0.3) is 0 Å². The molecule has 1 fully saturated rings. The summed E-state index contributed by atoms with van der Waals surface area (Å²) < 4.78 is 7.12. The van der Waals surface area contributed by atoms with Crippen molar-refractivity contribution in [3.8, 4) is 0 Å². The third-order valence-corrected chi connectivity index (χ3v) is 7.03. The highest BCUT2D eigenvalue weighted by Crippen LogP contribution is 2.34. The van der Waals surface area contributed by atoms with Crippen LogP contribution < -0.4 is 15.8 Å². The monoisotopic (exact) mass is 417 g/mol. The highest BCUT2D eigenvalue weighted by atomic mass is 32.1. The Bertz CT molecular complexity index is 942. The van der Waals surface area contributed by atoms with Crippen LogP contribution in [0.5, 0.6) is 0 Å². The topological polar surface area (TPSA) is 63.6 Å². The molecule has 6 nitrogen and oxygen atoms in total. The molecular formula is C22H31N3O3S. The van der Waals surface area contributed by atoms with Gasteiger partial charge in [0.05, 0.1) is 10.6 Å². The summed E-state index contributed by atoms with van der Waals surface area (Å²) in [6, 6.07) is 2.43. The normalized spacial score (nSPS) is 14.8. The van der Waals surface area contributed by atoms with Gasteiger partial charge >= 0.3 is 0 Å². The molecule has 0 radical (unpaired) electrons. The van der Waals surface area contributed by atoms with Crippen molar-refractivity contribution in [2.45, 2.75) is 53.1 Å². The minimum absolute atomic E-state index is 0.0535. The molecule has 0 unspecified atom stereocenters. The van der Waals surface area contributed by atoms with Crippen LogP contribution in [0.3, 0.4) is 0 Å². The van der Waals surface area contributed by atoms with Crippen molar-refractivity contribution < 1.29 is 9.53 Å². The average molecular weight is 418 g/mol. The van der Waals surface area contributed by atoms with Gasteiger partial charge in [0.15, 0.2) is 0 Å². The van der Waals surface area contributed by atoms with Gasteiger partial charge in [-0.05, 0) is 57.7 Å². The number of hydrogen-bond donors (Lipinski definition) is 1. The molecule has 0 spiro atoms. The van der Waals surface area contributed by atoms with E-state index < -0.39 is 0 Å². The van der Waals surface area contributed by atoms with Crippen molar-refractivity contribution in [1.29, 1.82) is 0 Å². The maximum Gasteiger partial charge on any atom is 0.255 e. The Hall–Kier alpha value is -2.12. The number of nitrogens with zero attached hydrogens (tertiary/aromatic N) is 2. The number of amides is 1. The van der Waals surface area contributed by atoms with Crippen LogP contribution in [0.2, 0.25) is 0 Å². The van der Waals surface area contributed by atoms with Gasteiger partial charge in [-0.2, -0.15) is 0 Å². The van der Waals surface area contributed by atoms with E-state index >= 15 is 0 Å². The molecule has 1 saturated heterocycles. The lowest BCUT2D eigenvalue weighted by Crippen LogP contribution is -2.39. The molecule has 0 saturated carbocycles. The van der Waals surface area contributed by atoms with Gasteiger partial charge in [0.2, 0.25) is 0 Å². The number of carbonyl (C=O) groups is 1. The van der Waals surface area contributed by atoms with Gasteiger partial charge in [0.25, 0.3) is 11.5 Å². The molecule has 7 heteroatoms. The first-order chi connectivity index (χ1) is 13.8. The molecule has 3 rings (SSSR count). The number of hydrogen-bond acceptors (Lipinski definition) is 5. The summed E-state index contributed by atoms with van der Waals surface area (Å²) in [4.78, 5) is 27.8. The molecule has 1 aliphatic heterocycles. The maximum absolute atomic E-state index is 12.9. The SMILES string of the molecule is CCN(c1scc(C(=O)NCc2c(C)cc(C)n(C)c2=O)c1C)C1CCOCC1. The van der Waals surface area contributed by atoms with Crippen LogP contribution in [0.1, 0.15) is 52.5 Å². The minimum atomic E-state index is -0.130. The van der Waals surface area contributed by atoms with Crippen LogP contribution in [-0.4, -0.2) is 36.3 Å². The summed E-state index contributed by atoms with van der Waals surface area (Å²) in [6.07, 6.45) is 2.03. The zero-order valence-electron chi connectivity index (χ0n) is 18.0. The molecule has 1 N–H and O–H groups in total. The second-order valence-corrected chi connectivity index (χ2v) is 8.56. The molecule has 3 heterocycles. The molecule has 1 amide bonds. The minimum Gasteiger partial charge on any atom is -0.381 e. The van der Waals surface area contributed by atoms with Gasteiger partial charge in [0, 0.05) is 56.0 Å². The van der Waals surface area contributed by atoms with Gasteiger partial charge in [-0.3, -0.25) is 9.59 Å². The molecule has 29 heavy (non-hydrogen) atoms. The van der Waals surface area contributed by atoms with Crippen LogP contribution in [0, 0.1) is 20.8 Å². The zero-order valence-corrected chi connectivity index (χ0v) is 18.8. The number of anilines is 1. The summed E-state index contributed by atoms with van der Waals surface area (Å²) in [5.41, 5.74) is 4.10. The van der Waals surface area contributed by atoms with Gasteiger partial charge < -0.3 is 19.5 Å². The maximum atomic E-state index is 12.9. The number of nitrogens with one attached hydrogen (secondary N) is 1. The summed E-state index contributed by atoms with van der Waals surface area (Å²) >= 11 is 1.62. The molecule has 0 bridgehead atoms. The number of aromatic nitrogens is 1. The Morgan fingerprint density at radius 1 is 1.31 bits per heavy atom. The van der Waals surface area contributed by atoms with Crippen LogP contribution in [0.4, 0.5) is 5.00 Å². The largest absolute Gasteiger partial charge is 0.381 e. The summed E-state index contributed by atoms with van der Waals surface area (Å²) in [5.74, 6) is -0.130. The van der Waals surface area contributed by atoms with E-state index in [0.29, 0.717) is 17.2 Å². The van der Waals surface area contributed by atoms with Crippen molar-refractivity contribution in [3.05, 3.63) is 49.7 Å². The number of thiophene rings is 1. The number of ether oxygens (including phenoxy) is 1. The molecule has 0 aliphatic carbocycles. The Morgan fingerprint density at radius 3 is 2.66 bits per heavy atom. The summed E-state index contributed by atoms with van der Waals surface area (Å²) in [5, 5.41) is 6.04. The van der Waals surface area contributed by atoms with Crippen molar-refractivity contribution in [2.75, 3.05) is 24.7 Å². The Morgan fingerprint density at radius 2 is 2.00 bits per heavy atom. The van der Waals surface area contributed by atoms with E-state index in [1.165, 1.54) is 0 Å². The number of pyridine rings is 1. The van der Waals surface area contributed by atoms with Gasteiger partial charge in [-0.15, -0.1) is 11.3 Å². The first-order valence-electron chi connectivity index (χ1n) is 10.2. The fourth-order valence-corrected chi connectivity index (χ4v) is 5.20. The van der Waals surface area contributed by atoms with Crippen molar-refractivity contribution in [1.82, 2.24) is 9.88 Å². The molecule has 2 aromatic rings. The Labute approximate surface area is 176 Å².